The molecule has 2 aromatic carbocycles. The van der Waals surface area contributed by atoms with Crippen molar-refractivity contribution in [3.63, 3.8) is 0 Å². The maximum atomic E-state index is 11.8. The number of nitrogens with zero attached hydrogens (tertiary/aromatic N) is 1. The summed E-state index contributed by atoms with van der Waals surface area (Å²) < 4.78 is 0. The second kappa shape index (κ2) is 8.19. The molecule has 1 aliphatic heterocycles. The zero-order chi connectivity index (χ0) is 19.6. The van der Waals surface area contributed by atoms with Crippen molar-refractivity contribution in [3.8, 4) is 5.75 Å². The number of halogens is 2. The highest BCUT2D eigenvalue weighted by atomic mass is 35.5. The molecule has 1 amide bonds. The second-order valence-corrected chi connectivity index (χ2v) is 7.48. The maximum Gasteiger partial charge on any atom is 0.307 e. The van der Waals surface area contributed by atoms with Gasteiger partial charge in [-0.3, -0.25) is 9.59 Å². The van der Waals surface area contributed by atoms with Gasteiger partial charge in [0.2, 0.25) is 5.91 Å². The number of aliphatic carboxylic acids is 1. The van der Waals surface area contributed by atoms with Crippen molar-refractivity contribution in [2.24, 2.45) is 0 Å². The van der Waals surface area contributed by atoms with Crippen molar-refractivity contribution in [2.75, 3.05) is 6.54 Å². The van der Waals surface area contributed by atoms with Gasteiger partial charge >= 0.3 is 5.97 Å². The van der Waals surface area contributed by atoms with Gasteiger partial charge in [0.15, 0.2) is 0 Å². The summed E-state index contributed by atoms with van der Waals surface area (Å²) in [6.07, 6.45) is 1.68. The topological polar surface area (TPSA) is 77.8 Å². The van der Waals surface area contributed by atoms with Crippen LogP contribution in [-0.2, 0) is 29.0 Å². The Morgan fingerprint density at radius 3 is 2.41 bits per heavy atom. The molecular weight excluding hydrogens is 389 g/mol. The first-order valence-corrected chi connectivity index (χ1v) is 9.36. The summed E-state index contributed by atoms with van der Waals surface area (Å²) in [5.74, 6) is -0.707. The number of amides is 1. The number of aromatic hydroxyl groups is 1. The third-order valence-corrected chi connectivity index (χ3v) is 5.29. The van der Waals surface area contributed by atoms with Crippen LogP contribution in [0.15, 0.2) is 30.3 Å². The molecule has 3 rings (SSSR count). The molecule has 2 N–H and O–H groups in total. The van der Waals surface area contributed by atoms with Gasteiger partial charge in [-0.15, -0.1) is 0 Å². The molecule has 5 nitrogen and oxygen atoms in total. The lowest BCUT2D eigenvalue weighted by atomic mass is 10.00. The van der Waals surface area contributed by atoms with Gasteiger partial charge in [0.1, 0.15) is 5.75 Å². The van der Waals surface area contributed by atoms with Crippen LogP contribution >= 0.6 is 23.2 Å². The van der Waals surface area contributed by atoms with Gasteiger partial charge in [0.05, 0.1) is 6.42 Å². The van der Waals surface area contributed by atoms with Crippen LogP contribution in [0.25, 0.3) is 0 Å². The van der Waals surface area contributed by atoms with E-state index in [1.807, 2.05) is 6.07 Å². The van der Waals surface area contributed by atoms with Gasteiger partial charge in [-0.05, 0) is 47.4 Å². The van der Waals surface area contributed by atoms with E-state index >= 15 is 0 Å². The Kier molecular flexibility index (Phi) is 5.92. The number of carbonyl (C=O) groups excluding carboxylic acids is 1. The van der Waals surface area contributed by atoms with Crippen LogP contribution in [0.1, 0.15) is 35.1 Å². The normalized spacial score (nSPS) is 14.0. The van der Waals surface area contributed by atoms with Crippen molar-refractivity contribution in [3.05, 3.63) is 62.6 Å². The molecule has 27 heavy (non-hydrogen) atoms. The average molecular weight is 408 g/mol. The minimum absolute atomic E-state index is 0.0971. The van der Waals surface area contributed by atoms with Crippen molar-refractivity contribution < 1.29 is 19.8 Å². The van der Waals surface area contributed by atoms with Crippen molar-refractivity contribution in [1.29, 1.82) is 0 Å². The van der Waals surface area contributed by atoms with Crippen LogP contribution in [-0.4, -0.2) is 33.5 Å². The van der Waals surface area contributed by atoms with E-state index in [4.69, 9.17) is 28.3 Å². The average Bonchev–Trinajstić information content (AvgIpc) is 2.98. The molecule has 1 aliphatic rings. The first-order chi connectivity index (χ1) is 12.8. The molecule has 0 unspecified atom stereocenters. The Morgan fingerprint density at radius 1 is 1.11 bits per heavy atom. The van der Waals surface area contributed by atoms with E-state index in [9.17, 15) is 14.7 Å². The highest BCUT2D eigenvalue weighted by Gasteiger charge is 2.21. The number of rotatable bonds is 6. The standard InChI is InChI=1S/C20H19Cl2NO4/c21-16-8-13(10-20(26)27)9-17(22)15(16)7-12-3-4-18(24)14(6-12)11-23-5-1-2-19(23)25/h3-4,6,8-9,24H,1-2,5,7,10-11H2,(H,26,27). The summed E-state index contributed by atoms with van der Waals surface area (Å²) in [7, 11) is 0. The Hall–Kier alpha value is -2.24. The number of phenols is 1. The fourth-order valence-corrected chi connectivity index (χ4v) is 3.92. The van der Waals surface area contributed by atoms with E-state index in [2.05, 4.69) is 0 Å². The Morgan fingerprint density at radius 2 is 1.81 bits per heavy atom. The van der Waals surface area contributed by atoms with E-state index in [1.165, 1.54) is 0 Å². The third-order valence-electron chi connectivity index (χ3n) is 4.61. The summed E-state index contributed by atoms with van der Waals surface area (Å²) in [5, 5.41) is 19.9. The van der Waals surface area contributed by atoms with Crippen LogP contribution in [0.2, 0.25) is 10.0 Å². The van der Waals surface area contributed by atoms with Gasteiger partial charge in [0, 0.05) is 41.5 Å². The quantitative estimate of drug-likeness (QED) is 0.757. The number of carboxylic acid groups (broad SMARTS) is 1. The summed E-state index contributed by atoms with van der Waals surface area (Å²) in [6.45, 7) is 1.07. The lowest BCUT2D eigenvalue weighted by Gasteiger charge is -2.17. The Bertz CT molecular complexity index is 875. The van der Waals surface area contributed by atoms with E-state index in [1.54, 1.807) is 29.2 Å². The van der Waals surface area contributed by atoms with Crippen LogP contribution < -0.4 is 0 Å². The second-order valence-electron chi connectivity index (χ2n) is 6.67. The third kappa shape index (κ3) is 4.73. The maximum absolute atomic E-state index is 11.8. The Balaban J connectivity index is 1.82. The predicted molar refractivity (Wildman–Crippen MR) is 103 cm³/mol. The Labute approximate surface area is 167 Å². The largest absolute Gasteiger partial charge is 0.508 e. The van der Waals surface area contributed by atoms with Crippen molar-refractivity contribution >= 4 is 35.1 Å². The molecule has 0 atom stereocenters. The minimum atomic E-state index is -0.950. The summed E-state index contributed by atoms with van der Waals surface area (Å²) >= 11 is 12.6. The summed E-state index contributed by atoms with van der Waals surface area (Å²) in [4.78, 5) is 24.4. The van der Waals surface area contributed by atoms with Gasteiger partial charge < -0.3 is 15.1 Å². The van der Waals surface area contributed by atoms with Gasteiger partial charge in [0.25, 0.3) is 0 Å². The van der Waals surface area contributed by atoms with Crippen LogP contribution in [0, 0.1) is 0 Å². The molecule has 1 saturated heterocycles. The number of hydrogen-bond acceptors (Lipinski definition) is 3. The first-order valence-electron chi connectivity index (χ1n) is 8.60. The lowest BCUT2D eigenvalue weighted by Crippen LogP contribution is -2.23. The smallest absolute Gasteiger partial charge is 0.307 e. The molecule has 1 heterocycles. The van der Waals surface area contributed by atoms with Gasteiger partial charge in [-0.1, -0.05) is 29.3 Å². The predicted octanol–water partition coefficient (Wildman–Crippen LogP) is 4.04. The highest BCUT2D eigenvalue weighted by molar-refractivity contribution is 6.36. The molecular formula is C20H19Cl2NO4. The van der Waals surface area contributed by atoms with E-state index < -0.39 is 5.97 Å². The van der Waals surface area contributed by atoms with Crippen LogP contribution in [0.5, 0.6) is 5.75 Å². The number of likely N-dealkylation sites (tertiary alicyclic amines) is 1. The molecule has 0 aromatic heterocycles. The summed E-state index contributed by atoms with van der Waals surface area (Å²) in [5.41, 5.74) is 2.81. The molecule has 2 aromatic rings. The van der Waals surface area contributed by atoms with Gasteiger partial charge in [-0.2, -0.15) is 0 Å². The van der Waals surface area contributed by atoms with Gasteiger partial charge in [-0.25, -0.2) is 0 Å². The molecule has 1 fully saturated rings. The fourth-order valence-electron chi connectivity index (χ4n) is 3.26. The molecule has 7 heteroatoms. The summed E-state index contributed by atoms with van der Waals surface area (Å²) in [6, 6.07) is 8.45. The lowest BCUT2D eigenvalue weighted by molar-refractivity contribution is -0.136. The number of benzene rings is 2. The van der Waals surface area contributed by atoms with E-state index in [0.717, 1.165) is 12.0 Å². The molecule has 142 valence electrons. The zero-order valence-electron chi connectivity index (χ0n) is 14.5. The first kappa shape index (κ1) is 19.5. The molecule has 0 spiro atoms. The molecule has 0 saturated carbocycles. The number of phenolic OH excluding ortho intramolecular Hbond substituents is 1. The number of carboxylic acids is 1. The molecule has 0 radical (unpaired) electrons. The monoisotopic (exact) mass is 407 g/mol. The highest BCUT2D eigenvalue weighted by Crippen LogP contribution is 2.31. The number of carbonyl (C=O) groups is 2. The SMILES string of the molecule is O=C(O)Cc1cc(Cl)c(Cc2ccc(O)c(CN3CCCC3=O)c2)c(Cl)c1. The van der Waals surface area contributed by atoms with Crippen molar-refractivity contribution in [2.45, 2.75) is 32.2 Å². The van der Waals surface area contributed by atoms with E-state index in [-0.39, 0.29) is 18.1 Å². The molecule has 0 aliphatic carbocycles. The number of hydrogen-bond donors (Lipinski definition) is 2. The van der Waals surface area contributed by atoms with Crippen molar-refractivity contribution in [1.82, 2.24) is 4.90 Å². The zero-order valence-corrected chi connectivity index (χ0v) is 16.1. The van der Waals surface area contributed by atoms with Crippen LogP contribution in [0.3, 0.4) is 0 Å². The van der Waals surface area contributed by atoms with E-state index in [0.29, 0.717) is 52.7 Å². The minimum Gasteiger partial charge on any atom is -0.508 e. The molecule has 0 bridgehead atoms. The fraction of sp³-hybridized carbons (Fsp3) is 0.300. The van der Waals surface area contributed by atoms with Crippen LogP contribution in [0.4, 0.5) is 0 Å².